The summed E-state index contributed by atoms with van der Waals surface area (Å²) in [4.78, 5) is 3.48. The molecule has 0 fully saturated rings. The fraction of sp³-hybridized carbons (Fsp3) is 0.286. The van der Waals surface area contributed by atoms with Crippen molar-refractivity contribution in [2.24, 2.45) is 0 Å². The van der Waals surface area contributed by atoms with E-state index in [1.165, 1.54) is 11.3 Å². The minimum absolute atomic E-state index is 0.323. The van der Waals surface area contributed by atoms with Crippen LogP contribution in [0.25, 0.3) is 0 Å². The number of aryl methyl sites for hydroxylation is 1. The van der Waals surface area contributed by atoms with Crippen molar-refractivity contribution >= 4 is 34.4 Å². The van der Waals surface area contributed by atoms with E-state index in [9.17, 15) is 13.2 Å². The third kappa shape index (κ3) is 2.71. The summed E-state index contributed by atoms with van der Waals surface area (Å²) >= 11 is 3.37. The van der Waals surface area contributed by atoms with Gasteiger partial charge in [0.1, 0.15) is 5.01 Å². The molecule has 0 saturated carbocycles. The normalized spacial score (nSPS) is 12.0. The van der Waals surface area contributed by atoms with Gasteiger partial charge in [0.2, 0.25) is 0 Å². The van der Waals surface area contributed by atoms with Crippen LogP contribution in [0.1, 0.15) is 10.7 Å². The zero-order valence-corrected chi connectivity index (χ0v) is 10.2. The van der Waals surface area contributed by atoms with Gasteiger partial charge in [0.25, 0.3) is 0 Å². The Balaban J connectivity index is 2.14. The van der Waals surface area contributed by atoms with Crippen LogP contribution in [0.2, 0.25) is 0 Å². The summed E-state index contributed by atoms with van der Waals surface area (Å²) in [6.45, 7) is 1.78. The van der Waals surface area contributed by atoms with Crippen LogP contribution >= 0.6 is 34.4 Å². The van der Waals surface area contributed by atoms with Gasteiger partial charge in [0.15, 0.2) is 14.4 Å². The number of rotatable bonds is 2. The summed E-state index contributed by atoms with van der Waals surface area (Å²) in [5.41, 5.74) is -0.860. The highest BCUT2D eigenvalue weighted by Crippen LogP contribution is 2.36. The van der Waals surface area contributed by atoms with Crippen LogP contribution in [0.3, 0.4) is 0 Å². The lowest BCUT2D eigenvalue weighted by molar-refractivity contribution is -0.141. The molecule has 0 unspecified atom stereocenters. The molecular weight excluding hydrogens is 279 g/mol. The molecule has 16 heavy (non-hydrogen) atoms. The molecule has 2 heterocycles. The second kappa shape index (κ2) is 4.30. The molecule has 0 saturated heterocycles. The zero-order chi connectivity index (χ0) is 11.8. The van der Waals surface area contributed by atoms with E-state index in [0.29, 0.717) is 8.68 Å². The molecule has 86 valence electrons. The van der Waals surface area contributed by atoms with E-state index in [1.807, 2.05) is 0 Å². The van der Waals surface area contributed by atoms with Crippen molar-refractivity contribution < 1.29 is 13.2 Å². The van der Waals surface area contributed by atoms with E-state index >= 15 is 0 Å². The van der Waals surface area contributed by atoms with Crippen molar-refractivity contribution in [2.45, 2.75) is 21.8 Å². The second-order valence-electron chi connectivity index (χ2n) is 2.69. The van der Waals surface area contributed by atoms with Crippen LogP contribution in [0.5, 0.6) is 0 Å². The standard InChI is InChI=1S/C7H4F3N3S3/c1-3-12-13-6(15-3)16-5-11-4(2-14-5)7(8,9)10/h2H,1H3. The molecule has 0 bridgehead atoms. The SMILES string of the molecule is Cc1nnc(Sc2nc(C(F)(F)F)cs2)s1. The Kier molecular flexibility index (Phi) is 3.17. The number of halogens is 3. The Hall–Kier alpha value is -0.670. The van der Waals surface area contributed by atoms with Gasteiger partial charge in [-0.2, -0.15) is 13.2 Å². The van der Waals surface area contributed by atoms with Crippen LogP contribution in [-0.4, -0.2) is 15.2 Å². The van der Waals surface area contributed by atoms with E-state index in [2.05, 4.69) is 15.2 Å². The van der Waals surface area contributed by atoms with Gasteiger partial charge in [0, 0.05) is 5.38 Å². The lowest BCUT2D eigenvalue weighted by Crippen LogP contribution is -2.04. The first-order valence-electron chi connectivity index (χ1n) is 3.96. The Morgan fingerprint density at radius 2 is 2.00 bits per heavy atom. The molecule has 2 rings (SSSR count). The number of alkyl halides is 3. The van der Waals surface area contributed by atoms with Gasteiger partial charge in [-0.1, -0.05) is 11.3 Å². The lowest BCUT2D eigenvalue weighted by atomic mass is 10.5. The molecule has 3 nitrogen and oxygen atoms in total. The highest BCUT2D eigenvalue weighted by Gasteiger charge is 2.33. The van der Waals surface area contributed by atoms with Crippen molar-refractivity contribution in [3.8, 4) is 0 Å². The number of thiazole rings is 1. The van der Waals surface area contributed by atoms with Gasteiger partial charge >= 0.3 is 6.18 Å². The molecule has 0 aliphatic carbocycles. The smallest absolute Gasteiger partial charge is 0.225 e. The average molecular weight is 283 g/mol. The molecule has 2 aromatic heterocycles. The van der Waals surface area contributed by atoms with Crippen molar-refractivity contribution in [2.75, 3.05) is 0 Å². The minimum Gasteiger partial charge on any atom is -0.225 e. The quantitative estimate of drug-likeness (QED) is 0.846. The van der Waals surface area contributed by atoms with E-state index in [-0.39, 0.29) is 0 Å². The molecule has 0 aliphatic rings. The molecular formula is C7H4F3N3S3. The summed E-state index contributed by atoms with van der Waals surface area (Å²) < 4.78 is 37.7. The van der Waals surface area contributed by atoms with Crippen LogP contribution < -0.4 is 0 Å². The number of hydrogen-bond donors (Lipinski definition) is 0. The fourth-order valence-electron chi connectivity index (χ4n) is 0.829. The topological polar surface area (TPSA) is 38.7 Å². The predicted molar refractivity (Wildman–Crippen MR) is 55.9 cm³/mol. The highest BCUT2D eigenvalue weighted by atomic mass is 32.2. The van der Waals surface area contributed by atoms with Crippen LogP contribution in [-0.2, 0) is 6.18 Å². The summed E-state index contributed by atoms with van der Waals surface area (Å²) in [7, 11) is 0. The average Bonchev–Trinajstić information content (AvgIpc) is 2.74. The van der Waals surface area contributed by atoms with Gasteiger partial charge in [0.05, 0.1) is 0 Å². The predicted octanol–water partition coefficient (Wildman–Crippen LogP) is 3.47. The maximum atomic E-state index is 12.3. The lowest BCUT2D eigenvalue weighted by Gasteiger charge is -1.99. The first-order valence-corrected chi connectivity index (χ1v) is 6.47. The van der Waals surface area contributed by atoms with Crippen LogP contribution in [0.4, 0.5) is 13.2 Å². The van der Waals surface area contributed by atoms with Crippen molar-refractivity contribution in [3.05, 3.63) is 16.1 Å². The summed E-state index contributed by atoms with van der Waals surface area (Å²) in [5.74, 6) is 0. The zero-order valence-electron chi connectivity index (χ0n) is 7.78. The largest absolute Gasteiger partial charge is 0.434 e. The Morgan fingerprint density at radius 3 is 2.50 bits per heavy atom. The first kappa shape index (κ1) is 11.8. The van der Waals surface area contributed by atoms with E-state index in [1.54, 1.807) is 6.92 Å². The van der Waals surface area contributed by atoms with E-state index in [4.69, 9.17) is 0 Å². The molecule has 0 amide bonds. The Morgan fingerprint density at radius 1 is 1.25 bits per heavy atom. The van der Waals surface area contributed by atoms with Crippen molar-refractivity contribution in [1.82, 2.24) is 15.2 Å². The molecule has 0 spiro atoms. The molecule has 9 heteroatoms. The maximum absolute atomic E-state index is 12.3. The van der Waals surface area contributed by atoms with Crippen LogP contribution in [0, 0.1) is 6.92 Å². The molecule has 0 radical (unpaired) electrons. The van der Waals surface area contributed by atoms with Crippen molar-refractivity contribution in [3.63, 3.8) is 0 Å². The van der Waals surface area contributed by atoms with Crippen LogP contribution in [0.15, 0.2) is 14.1 Å². The van der Waals surface area contributed by atoms with E-state index < -0.39 is 11.9 Å². The van der Waals surface area contributed by atoms with Gasteiger partial charge in [-0.15, -0.1) is 21.5 Å². The molecule has 0 N–H and O–H groups in total. The maximum Gasteiger partial charge on any atom is 0.434 e. The Labute approximate surface area is 101 Å². The number of nitrogens with zero attached hydrogens (tertiary/aromatic N) is 3. The first-order chi connectivity index (χ1) is 7.45. The minimum atomic E-state index is -4.38. The Bertz CT molecular complexity index is 490. The molecule has 0 atom stereocenters. The van der Waals surface area contributed by atoms with Gasteiger partial charge in [-0.3, -0.25) is 0 Å². The summed E-state index contributed by atoms with van der Waals surface area (Å²) in [6, 6.07) is 0. The highest BCUT2D eigenvalue weighted by molar-refractivity contribution is 8.02. The fourth-order valence-corrected chi connectivity index (χ4v) is 3.67. The molecule has 2 aromatic rings. The van der Waals surface area contributed by atoms with Gasteiger partial charge < -0.3 is 0 Å². The third-order valence-electron chi connectivity index (χ3n) is 1.46. The number of aromatic nitrogens is 3. The van der Waals surface area contributed by atoms with Gasteiger partial charge in [-0.25, -0.2) is 4.98 Å². The van der Waals surface area contributed by atoms with Gasteiger partial charge in [-0.05, 0) is 18.7 Å². The second-order valence-corrected chi connectivity index (χ2v) is 6.22. The van der Waals surface area contributed by atoms with E-state index in [0.717, 1.165) is 33.5 Å². The monoisotopic (exact) mass is 283 g/mol. The summed E-state index contributed by atoms with van der Waals surface area (Å²) in [5, 5.41) is 9.34. The number of hydrogen-bond acceptors (Lipinski definition) is 6. The summed E-state index contributed by atoms with van der Waals surface area (Å²) in [6.07, 6.45) is -4.38. The third-order valence-corrected chi connectivity index (χ3v) is 4.28. The van der Waals surface area contributed by atoms with Crippen molar-refractivity contribution in [1.29, 1.82) is 0 Å². The molecule has 0 aliphatic heterocycles. The molecule has 0 aromatic carbocycles.